The van der Waals surface area contributed by atoms with Crippen LogP contribution in [0.1, 0.15) is 38.2 Å². The van der Waals surface area contributed by atoms with Gasteiger partial charge in [-0.1, -0.05) is 19.8 Å². The van der Waals surface area contributed by atoms with Gasteiger partial charge in [0.15, 0.2) is 5.11 Å². The third kappa shape index (κ3) is 5.22. The number of thiocarbonyl (C=S) groups is 1. The molecule has 138 valence electrons. The van der Waals surface area contributed by atoms with E-state index in [0.717, 1.165) is 6.42 Å². The van der Waals surface area contributed by atoms with Crippen molar-refractivity contribution >= 4 is 23.5 Å². The Morgan fingerprint density at radius 2 is 1.76 bits per heavy atom. The molecule has 2 atom stereocenters. The minimum atomic E-state index is 0.411. The summed E-state index contributed by atoms with van der Waals surface area (Å²) in [5.41, 5.74) is 3.59. The fourth-order valence-electron chi connectivity index (χ4n) is 3.05. The second kappa shape index (κ2) is 9.46. The third-order valence-corrected chi connectivity index (χ3v) is 4.75. The molecular formula is C18H27N3O3S. The highest BCUT2D eigenvalue weighted by Gasteiger charge is 2.21. The predicted octanol–water partition coefficient (Wildman–Crippen LogP) is 3.09. The zero-order valence-electron chi connectivity index (χ0n) is 15.3. The zero-order chi connectivity index (χ0) is 18.2. The number of hydrogen-bond donors (Lipinski definition) is 2. The summed E-state index contributed by atoms with van der Waals surface area (Å²) in [6.45, 7) is 2.26. The molecule has 0 radical (unpaired) electrons. The summed E-state index contributed by atoms with van der Waals surface area (Å²) in [5, 5.41) is 8.11. The lowest BCUT2D eigenvalue weighted by atomic mass is 9.86. The van der Waals surface area contributed by atoms with E-state index in [1.54, 1.807) is 39.7 Å². The fraction of sp³-hybridized carbons (Fsp3) is 0.556. The van der Waals surface area contributed by atoms with Crippen molar-refractivity contribution in [1.29, 1.82) is 0 Å². The van der Waals surface area contributed by atoms with Gasteiger partial charge in [0.2, 0.25) is 0 Å². The van der Waals surface area contributed by atoms with Crippen LogP contribution in [-0.2, 0) is 0 Å². The number of ether oxygens (including phenoxy) is 3. The van der Waals surface area contributed by atoms with Gasteiger partial charge in [0.25, 0.3) is 0 Å². The van der Waals surface area contributed by atoms with Crippen LogP contribution in [0.3, 0.4) is 0 Å². The smallest absolute Gasteiger partial charge is 0.187 e. The highest BCUT2D eigenvalue weighted by Crippen LogP contribution is 2.32. The first-order chi connectivity index (χ1) is 12.1. The number of nitrogens with zero attached hydrogens (tertiary/aromatic N) is 1. The Bertz CT molecular complexity index is 597. The summed E-state index contributed by atoms with van der Waals surface area (Å²) in [5.74, 6) is 2.50. The lowest BCUT2D eigenvalue weighted by Crippen LogP contribution is -2.44. The molecule has 1 aliphatic carbocycles. The predicted molar refractivity (Wildman–Crippen MR) is 104 cm³/mol. The van der Waals surface area contributed by atoms with Crippen molar-refractivity contribution < 1.29 is 14.2 Å². The van der Waals surface area contributed by atoms with Gasteiger partial charge in [0.1, 0.15) is 17.2 Å². The molecular weight excluding hydrogens is 338 g/mol. The number of benzene rings is 1. The average molecular weight is 365 g/mol. The molecule has 1 aliphatic rings. The third-order valence-electron chi connectivity index (χ3n) is 4.54. The molecule has 1 saturated carbocycles. The van der Waals surface area contributed by atoms with Crippen molar-refractivity contribution in [2.24, 2.45) is 11.0 Å². The Morgan fingerprint density at radius 3 is 2.32 bits per heavy atom. The van der Waals surface area contributed by atoms with E-state index in [1.165, 1.54) is 19.3 Å². The first kappa shape index (κ1) is 19.3. The SMILES string of the molecule is COc1cc(OC)c(/C=N\NC(=S)N[C@H]2CCCC[C@@H]2C)c(OC)c1. The van der Waals surface area contributed by atoms with Gasteiger partial charge in [-0.2, -0.15) is 5.10 Å². The maximum absolute atomic E-state index is 5.40. The van der Waals surface area contributed by atoms with Gasteiger partial charge in [-0.05, 0) is 31.0 Å². The Kier molecular flexibility index (Phi) is 7.31. The van der Waals surface area contributed by atoms with Gasteiger partial charge < -0.3 is 19.5 Å². The highest BCUT2D eigenvalue weighted by atomic mass is 32.1. The quantitative estimate of drug-likeness (QED) is 0.459. The summed E-state index contributed by atoms with van der Waals surface area (Å²) in [6.07, 6.45) is 6.56. The Balaban J connectivity index is 2.02. The minimum absolute atomic E-state index is 0.411. The van der Waals surface area contributed by atoms with E-state index in [-0.39, 0.29) is 0 Å². The highest BCUT2D eigenvalue weighted by molar-refractivity contribution is 7.80. The molecule has 1 aromatic carbocycles. The summed E-state index contributed by atoms with van der Waals surface area (Å²) >= 11 is 5.35. The van der Waals surface area contributed by atoms with Crippen molar-refractivity contribution in [2.75, 3.05) is 21.3 Å². The molecule has 0 heterocycles. The van der Waals surface area contributed by atoms with Crippen molar-refractivity contribution in [2.45, 2.75) is 38.6 Å². The Hall–Kier alpha value is -2.02. The lowest BCUT2D eigenvalue weighted by molar-refractivity contribution is 0.308. The van der Waals surface area contributed by atoms with Crippen LogP contribution in [0.15, 0.2) is 17.2 Å². The van der Waals surface area contributed by atoms with Crippen molar-refractivity contribution in [3.8, 4) is 17.2 Å². The van der Waals surface area contributed by atoms with Crippen molar-refractivity contribution in [3.63, 3.8) is 0 Å². The average Bonchev–Trinajstić information content (AvgIpc) is 2.63. The van der Waals surface area contributed by atoms with E-state index in [4.69, 9.17) is 26.4 Å². The van der Waals surface area contributed by atoms with Gasteiger partial charge in [0, 0.05) is 18.2 Å². The molecule has 6 nitrogen and oxygen atoms in total. The molecule has 2 N–H and O–H groups in total. The molecule has 0 aromatic heterocycles. The second-order valence-electron chi connectivity index (χ2n) is 6.16. The van der Waals surface area contributed by atoms with Gasteiger partial charge in [-0.25, -0.2) is 0 Å². The normalized spacial score (nSPS) is 20.2. The molecule has 1 fully saturated rings. The van der Waals surface area contributed by atoms with E-state index in [2.05, 4.69) is 22.8 Å². The fourth-order valence-corrected chi connectivity index (χ4v) is 3.25. The van der Waals surface area contributed by atoms with E-state index < -0.39 is 0 Å². The number of hydrogen-bond acceptors (Lipinski definition) is 5. The van der Waals surface area contributed by atoms with Crippen LogP contribution in [0.2, 0.25) is 0 Å². The van der Waals surface area contributed by atoms with Crippen molar-refractivity contribution in [1.82, 2.24) is 10.7 Å². The van der Waals surface area contributed by atoms with Crippen LogP contribution in [0.5, 0.6) is 17.2 Å². The first-order valence-corrected chi connectivity index (χ1v) is 8.89. The van der Waals surface area contributed by atoms with Crippen LogP contribution >= 0.6 is 12.2 Å². The summed E-state index contributed by atoms with van der Waals surface area (Å²) in [4.78, 5) is 0. The number of hydrazone groups is 1. The van der Waals surface area contributed by atoms with Gasteiger partial charge in [-0.3, -0.25) is 5.43 Å². The largest absolute Gasteiger partial charge is 0.496 e. The van der Waals surface area contributed by atoms with E-state index >= 15 is 0 Å². The first-order valence-electron chi connectivity index (χ1n) is 8.48. The molecule has 0 unspecified atom stereocenters. The van der Waals surface area contributed by atoms with E-state index in [9.17, 15) is 0 Å². The standard InChI is InChI=1S/C18H27N3O3S/c1-12-7-5-6-8-15(12)20-18(25)21-19-11-14-16(23-3)9-13(22-2)10-17(14)24-4/h9-12,15H,5-8H2,1-4H3,(H2,20,21,25)/b19-11-/t12-,15-/m0/s1. The van der Waals surface area contributed by atoms with Crippen LogP contribution in [-0.4, -0.2) is 38.7 Å². The molecule has 0 aliphatic heterocycles. The molecule has 1 aromatic rings. The molecule has 0 spiro atoms. The van der Waals surface area contributed by atoms with Crippen LogP contribution in [0, 0.1) is 5.92 Å². The maximum atomic E-state index is 5.40. The number of rotatable bonds is 6. The van der Waals surface area contributed by atoms with E-state index in [1.807, 2.05) is 0 Å². The molecule has 0 saturated heterocycles. The summed E-state index contributed by atoms with van der Waals surface area (Å²) < 4.78 is 16.0. The summed E-state index contributed by atoms with van der Waals surface area (Å²) in [6, 6.07) is 3.97. The Morgan fingerprint density at radius 1 is 1.12 bits per heavy atom. The van der Waals surface area contributed by atoms with Gasteiger partial charge in [0.05, 0.1) is 33.1 Å². The monoisotopic (exact) mass is 365 g/mol. The molecule has 2 rings (SSSR count). The van der Waals surface area contributed by atoms with Gasteiger partial charge in [-0.15, -0.1) is 0 Å². The maximum Gasteiger partial charge on any atom is 0.187 e. The number of nitrogens with one attached hydrogen (secondary N) is 2. The second-order valence-corrected chi connectivity index (χ2v) is 6.57. The van der Waals surface area contributed by atoms with Crippen LogP contribution in [0.25, 0.3) is 0 Å². The Labute approximate surface area is 154 Å². The molecule has 25 heavy (non-hydrogen) atoms. The summed E-state index contributed by atoms with van der Waals surface area (Å²) in [7, 11) is 4.78. The van der Waals surface area contributed by atoms with E-state index in [0.29, 0.717) is 39.9 Å². The minimum Gasteiger partial charge on any atom is -0.496 e. The molecule has 0 amide bonds. The molecule has 7 heteroatoms. The van der Waals surface area contributed by atoms with Crippen LogP contribution < -0.4 is 25.0 Å². The topological polar surface area (TPSA) is 64.1 Å². The van der Waals surface area contributed by atoms with Crippen molar-refractivity contribution in [3.05, 3.63) is 17.7 Å². The van der Waals surface area contributed by atoms with Crippen LogP contribution in [0.4, 0.5) is 0 Å². The lowest BCUT2D eigenvalue weighted by Gasteiger charge is -2.30. The van der Waals surface area contributed by atoms with Gasteiger partial charge >= 0.3 is 0 Å². The number of methoxy groups -OCH3 is 3. The zero-order valence-corrected chi connectivity index (χ0v) is 16.1. The molecule has 0 bridgehead atoms.